The predicted octanol–water partition coefficient (Wildman–Crippen LogP) is 2.98. The van der Waals surface area contributed by atoms with Gasteiger partial charge in [-0.05, 0) is 37.2 Å². The highest BCUT2D eigenvalue weighted by atomic mass is 32.1. The van der Waals surface area contributed by atoms with Crippen LogP contribution in [0.3, 0.4) is 0 Å². The highest BCUT2D eigenvalue weighted by molar-refractivity contribution is 7.71. The van der Waals surface area contributed by atoms with Crippen LogP contribution in [0.2, 0.25) is 0 Å². The number of unbranched alkanes of at least 4 members (excludes halogenated alkanes) is 1. The molecule has 0 atom stereocenters. The molecule has 0 bridgehead atoms. The second-order valence-electron chi connectivity index (χ2n) is 4.78. The molecular weight excluding hydrogens is 272 g/mol. The average molecular weight is 292 g/mol. The van der Waals surface area contributed by atoms with Gasteiger partial charge in [0.15, 0.2) is 10.6 Å². The number of hydrogen-bond donors (Lipinski definition) is 1. The summed E-state index contributed by atoms with van der Waals surface area (Å²) >= 11 is 5.22. The third-order valence-corrected chi connectivity index (χ3v) is 3.53. The van der Waals surface area contributed by atoms with E-state index in [1.54, 1.807) is 4.57 Å². The first kappa shape index (κ1) is 14.7. The minimum absolute atomic E-state index is 0.00713. The third kappa shape index (κ3) is 2.90. The molecule has 0 saturated heterocycles. The van der Waals surface area contributed by atoms with Crippen molar-refractivity contribution < 1.29 is 0 Å². The molecule has 0 aromatic carbocycles. The van der Waals surface area contributed by atoms with Crippen LogP contribution in [0.25, 0.3) is 11.4 Å². The lowest BCUT2D eigenvalue weighted by atomic mass is 10.2. The van der Waals surface area contributed by atoms with Gasteiger partial charge in [0.25, 0.3) is 5.56 Å². The van der Waals surface area contributed by atoms with E-state index in [2.05, 4.69) is 24.0 Å². The summed E-state index contributed by atoms with van der Waals surface area (Å²) in [6.07, 6.45) is 4.82. The molecule has 1 N–H and O–H groups in total. The molecule has 5 nitrogen and oxygen atoms in total. The van der Waals surface area contributed by atoms with Gasteiger partial charge in [0.05, 0.1) is 5.56 Å². The summed E-state index contributed by atoms with van der Waals surface area (Å²) in [5.41, 5.74) is 0.594. The maximum atomic E-state index is 12.5. The number of aromatic amines is 1. The molecule has 0 aliphatic carbocycles. The maximum absolute atomic E-state index is 12.5. The highest BCUT2D eigenvalue weighted by Crippen LogP contribution is 2.13. The van der Waals surface area contributed by atoms with Gasteiger partial charge in [0.1, 0.15) is 0 Å². The van der Waals surface area contributed by atoms with Crippen LogP contribution in [0, 0.1) is 4.77 Å². The Kier molecular flexibility index (Phi) is 4.89. The molecule has 0 spiro atoms. The van der Waals surface area contributed by atoms with Crippen LogP contribution in [0.5, 0.6) is 0 Å². The van der Waals surface area contributed by atoms with Crippen molar-refractivity contribution in [1.82, 2.24) is 19.3 Å². The maximum Gasteiger partial charge on any atom is 0.261 e. The zero-order valence-electron chi connectivity index (χ0n) is 11.9. The SMILES string of the molecule is CCCCn1cccc(-c2n[nH]c(=S)n2CCC)c1=O. The molecule has 2 heterocycles. The second kappa shape index (κ2) is 6.65. The fourth-order valence-corrected chi connectivity index (χ4v) is 2.39. The molecule has 2 rings (SSSR count). The van der Waals surface area contributed by atoms with Crippen LogP contribution in [0.1, 0.15) is 33.1 Å². The van der Waals surface area contributed by atoms with Crippen molar-refractivity contribution in [1.29, 1.82) is 0 Å². The zero-order valence-corrected chi connectivity index (χ0v) is 12.7. The monoisotopic (exact) mass is 292 g/mol. The molecule has 0 unspecified atom stereocenters. The Labute approximate surface area is 123 Å². The summed E-state index contributed by atoms with van der Waals surface area (Å²) in [6.45, 7) is 5.68. The van der Waals surface area contributed by atoms with E-state index in [-0.39, 0.29) is 5.56 Å². The van der Waals surface area contributed by atoms with Gasteiger partial charge in [-0.25, -0.2) is 0 Å². The minimum atomic E-state index is -0.00713. The Balaban J connectivity index is 2.48. The molecule has 0 aliphatic rings. The third-order valence-electron chi connectivity index (χ3n) is 3.22. The smallest absolute Gasteiger partial charge is 0.261 e. The van der Waals surface area contributed by atoms with Crippen molar-refractivity contribution in [2.24, 2.45) is 0 Å². The van der Waals surface area contributed by atoms with Gasteiger partial charge in [-0.1, -0.05) is 20.3 Å². The van der Waals surface area contributed by atoms with Crippen molar-refractivity contribution in [3.63, 3.8) is 0 Å². The highest BCUT2D eigenvalue weighted by Gasteiger charge is 2.13. The van der Waals surface area contributed by atoms with Crippen molar-refractivity contribution in [3.05, 3.63) is 33.5 Å². The van der Waals surface area contributed by atoms with Crippen molar-refractivity contribution in [2.45, 2.75) is 46.2 Å². The Morgan fingerprint density at radius 3 is 2.80 bits per heavy atom. The van der Waals surface area contributed by atoms with E-state index >= 15 is 0 Å². The summed E-state index contributed by atoms with van der Waals surface area (Å²) in [5.74, 6) is 0.632. The first-order chi connectivity index (χ1) is 9.69. The molecule has 0 fully saturated rings. The molecule has 2 aromatic rings. The van der Waals surface area contributed by atoms with Gasteiger partial charge in [-0.2, -0.15) is 5.10 Å². The molecule has 0 aliphatic heterocycles. The number of pyridine rings is 1. The summed E-state index contributed by atoms with van der Waals surface area (Å²) in [7, 11) is 0. The van der Waals surface area contributed by atoms with Crippen molar-refractivity contribution in [3.8, 4) is 11.4 Å². The fourth-order valence-electron chi connectivity index (χ4n) is 2.17. The van der Waals surface area contributed by atoms with Gasteiger partial charge < -0.3 is 9.13 Å². The van der Waals surface area contributed by atoms with E-state index in [0.717, 1.165) is 32.4 Å². The number of nitrogens with one attached hydrogen (secondary N) is 1. The lowest BCUT2D eigenvalue weighted by Gasteiger charge is -2.08. The quantitative estimate of drug-likeness (QED) is 0.833. The first-order valence-corrected chi connectivity index (χ1v) is 7.44. The first-order valence-electron chi connectivity index (χ1n) is 7.04. The van der Waals surface area contributed by atoms with E-state index in [1.165, 1.54) is 0 Å². The lowest BCUT2D eigenvalue weighted by Crippen LogP contribution is -2.22. The van der Waals surface area contributed by atoms with Gasteiger partial charge in [0, 0.05) is 19.3 Å². The van der Waals surface area contributed by atoms with Gasteiger partial charge in [-0.15, -0.1) is 0 Å². The molecule has 0 radical (unpaired) electrons. The minimum Gasteiger partial charge on any atom is -0.315 e. The van der Waals surface area contributed by atoms with E-state index in [0.29, 0.717) is 16.2 Å². The largest absolute Gasteiger partial charge is 0.315 e. The van der Waals surface area contributed by atoms with Gasteiger partial charge in [-0.3, -0.25) is 9.89 Å². The van der Waals surface area contributed by atoms with Crippen molar-refractivity contribution in [2.75, 3.05) is 0 Å². The average Bonchev–Trinajstić information content (AvgIpc) is 2.80. The number of aryl methyl sites for hydroxylation is 1. The van der Waals surface area contributed by atoms with Crippen LogP contribution in [-0.2, 0) is 13.1 Å². The van der Waals surface area contributed by atoms with E-state index in [4.69, 9.17) is 12.2 Å². The van der Waals surface area contributed by atoms with Crippen LogP contribution in [0.4, 0.5) is 0 Å². The Morgan fingerprint density at radius 2 is 2.10 bits per heavy atom. The summed E-state index contributed by atoms with van der Waals surface area (Å²) in [6, 6.07) is 3.70. The van der Waals surface area contributed by atoms with E-state index in [1.807, 2.05) is 22.9 Å². The Morgan fingerprint density at radius 1 is 1.30 bits per heavy atom. The molecular formula is C14H20N4OS. The number of hydrogen-bond acceptors (Lipinski definition) is 3. The second-order valence-corrected chi connectivity index (χ2v) is 5.16. The summed E-state index contributed by atoms with van der Waals surface area (Å²) in [4.78, 5) is 12.5. The number of nitrogens with zero attached hydrogens (tertiary/aromatic N) is 3. The number of H-pyrrole nitrogens is 1. The molecule has 20 heavy (non-hydrogen) atoms. The van der Waals surface area contributed by atoms with Gasteiger partial charge in [0.2, 0.25) is 0 Å². The standard InChI is InChI=1S/C14H20N4OS/c1-3-5-9-17-10-6-7-11(13(17)19)12-15-16-14(20)18(12)8-4-2/h6-7,10H,3-5,8-9H2,1-2H3,(H,16,20). The topological polar surface area (TPSA) is 55.6 Å². The molecule has 2 aromatic heterocycles. The molecule has 0 saturated carbocycles. The normalized spacial score (nSPS) is 10.9. The fraction of sp³-hybridized carbons (Fsp3) is 0.500. The summed E-state index contributed by atoms with van der Waals surface area (Å²) in [5, 5.41) is 7.00. The molecule has 108 valence electrons. The Hall–Kier alpha value is -1.69. The molecule has 0 amide bonds. The zero-order chi connectivity index (χ0) is 14.5. The van der Waals surface area contributed by atoms with Crippen LogP contribution in [0.15, 0.2) is 23.1 Å². The van der Waals surface area contributed by atoms with Crippen LogP contribution >= 0.6 is 12.2 Å². The van der Waals surface area contributed by atoms with Crippen molar-refractivity contribution >= 4 is 12.2 Å². The van der Waals surface area contributed by atoms with Crippen LogP contribution < -0.4 is 5.56 Å². The number of aromatic nitrogens is 4. The predicted molar refractivity (Wildman–Crippen MR) is 82.3 cm³/mol. The van der Waals surface area contributed by atoms with Gasteiger partial charge >= 0.3 is 0 Å². The van der Waals surface area contributed by atoms with E-state index in [9.17, 15) is 4.79 Å². The van der Waals surface area contributed by atoms with E-state index < -0.39 is 0 Å². The Bertz CT molecular complexity index is 683. The molecule has 6 heteroatoms. The lowest BCUT2D eigenvalue weighted by molar-refractivity contribution is 0.612. The van der Waals surface area contributed by atoms with Crippen LogP contribution in [-0.4, -0.2) is 19.3 Å². The summed E-state index contributed by atoms with van der Waals surface area (Å²) < 4.78 is 4.19. The number of rotatable bonds is 6.